The molecular weight excluding hydrogens is 414 g/mol. The second-order valence-corrected chi connectivity index (χ2v) is 8.02. The summed E-state index contributed by atoms with van der Waals surface area (Å²) in [6.07, 6.45) is 0. The molecule has 0 radical (unpaired) electrons. The van der Waals surface area contributed by atoms with Crippen LogP contribution in [0.15, 0.2) is 52.1 Å². The van der Waals surface area contributed by atoms with Gasteiger partial charge in [0.05, 0.1) is 10.9 Å². The smallest absolute Gasteiger partial charge is 0.352 e. The quantitative estimate of drug-likeness (QED) is 0.512. The van der Waals surface area contributed by atoms with E-state index in [1.807, 2.05) is 13.8 Å². The summed E-state index contributed by atoms with van der Waals surface area (Å²) in [7, 11) is 0. The first-order valence-corrected chi connectivity index (χ1v) is 10.2. The molecule has 1 aliphatic rings. The van der Waals surface area contributed by atoms with Gasteiger partial charge in [-0.25, -0.2) is 13.9 Å². The molecule has 10 heteroatoms. The van der Waals surface area contributed by atoms with Crippen LogP contribution in [0.1, 0.15) is 13.8 Å². The Balaban J connectivity index is 1.54. The molecule has 2 aromatic heterocycles. The SMILES string of the molecule is CC(C)Cn1c(=O)c2ccccc2n2c(=O)n(CC(=O)Nc3ccc4c(c3)OCO4)nc12. The first-order chi connectivity index (χ1) is 15.4. The van der Waals surface area contributed by atoms with Crippen LogP contribution in [0.5, 0.6) is 11.5 Å². The van der Waals surface area contributed by atoms with Crippen molar-refractivity contribution in [3.05, 3.63) is 63.3 Å². The molecule has 5 rings (SSSR count). The zero-order valence-corrected chi connectivity index (χ0v) is 17.6. The number of carbonyl (C=O) groups excluding carboxylic acids is 1. The molecule has 164 valence electrons. The van der Waals surface area contributed by atoms with Crippen molar-refractivity contribution in [2.75, 3.05) is 12.1 Å². The fourth-order valence-corrected chi connectivity index (χ4v) is 3.81. The zero-order chi connectivity index (χ0) is 22.4. The monoisotopic (exact) mass is 435 g/mol. The van der Waals surface area contributed by atoms with Crippen molar-refractivity contribution in [2.45, 2.75) is 26.9 Å². The van der Waals surface area contributed by atoms with Crippen LogP contribution in [0.2, 0.25) is 0 Å². The number of rotatable bonds is 5. The third-order valence-corrected chi connectivity index (χ3v) is 5.18. The van der Waals surface area contributed by atoms with E-state index in [2.05, 4.69) is 10.4 Å². The Labute approximate surface area is 181 Å². The van der Waals surface area contributed by atoms with Crippen LogP contribution < -0.4 is 26.0 Å². The van der Waals surface area contributed by atoms with Gasteiger partial charge in [0, 0.05) is 18.3 Å². The Morgan fingerprint density at radius 2 is 1.91 bits per heavy atom. The van der Waals surface area contributed by atoms with E-state index < -0.39 is 11.6 Å². The summed E-state index contributed by atoms with van der Waals surface area (Å²) in [5, 5.41) is 7.50. The van der Waals surface area contributed by atoms with Gasteiger partial charge in [-0.05, 0) is 30.2 Å². The summed E-state index contributed by atoms with van der Waals surface area (Å²) in [5.74, 6) is 1.08. The van der Waals surface area contributed by atoms with Gasteiger partial charge in [-0.3, -0.25) is 14.2 Å². The number of benzene rings is 2. The molecule has 0 bridgehead atoms. The molecule has 2 aromatic carbocycles. The summed E-state index contributed by atoms with van der Waals surface area (Å²) < 4.78 is 14.5. The second kappa shape index (κ2) is 7.56. The second-order valence-electron chi connectivity index (χ2n) is 8.02. The summed E-state index contributed by atoms with van der Waals surface area (Å²) in [6.45, 7) is 4.18. The van der Waals surface area contributed by atoms with Gasteiger partial charge in [0.15, 0.2) is 11.5 Å². The van der Waals surface area contributed by atoms with Gasteiger partial charge in [-0.2, -0.15) is 0 Å². The highest BCUT2D eigenvalue weighted by Crippen LogP contribution is 2.34. The van der Waals surface area contributed by atoms with Crippen LogP contribution >= 0.6 is 0 Å². The van der Waals surface area contributed by atoms with Crippen molar-refractivity contribution >= 4 is 28.3 Å². The Morgan fingerprint density at radius 3 is 2.72 bits per heavy atom. The molecule has 10 nitrogen and oxygen atoms in total. The minimum Gasteiger partial charge on any atom is -0.454 e. The van der Waals surface area contributed by atoms with E-state index in [9.17, 15) is 14.4 Å². The molecule has 0 atom stereocenters. The Morgan fingerprint density at radius 1 is 1.12 bits per heavy atom. The Hall–Kier alpha value is -4.08. The van der Waals surface area contributed by atoms with E-state index in [1.54, 1.807) is 42.5 Å². The van der Waals surface area contributed by atoms with E-state index >= 15 is 0 Å². The van der Waals surface area contributed by atoms with Crippen LogP contribution in [0.25, 0.3) is 16.7 Å². The normalized spacial score (nSPS) is 12.7. The summed E-state index contributed by atoms with van der Waals surface area (Å²) in [5.41, 5.74) is 0.261. The summed E-state index contributed by atoms with van der Waals surface area (Å²) >= 11 is 0. The molecule has 0 saturated carbocycles. The standard InChI is InChI=1S/C22H21N5O5/c1-13(2)10-25-20(29)15-5-3-4-6-16(15)27-21(25)24-26(22(27)30)11-19(28)23-14-7-8-17-18(9-14)32-12-31-17/h3-9,13H,10-12H2,1-2H3,(H,23,28). The number of carbonyl (C=O) groups is 1. The lowest BCUT2D eigenvalue weighted by Gasteiger charge is -2.11. The summed E-state index contributed by atoms with van der Waals surface area (Å²) in [4.78, 5) is 38.9. The number of fused-ring (bicyclic) bond motifs is 4. The summed E-state index contributed by atoms with van der Waals surface area (Å²) in [6, 6.07) is 11.9. The fourth-order valence-electron chi connectivity index (χ4n) is 3.81. The minimum atomic E-state index is -0.491. The van der Waals surface area contributed by atoms with Crippen LogP contribution in [0.4, 0.5) is 5.69 Å². The maximum atomic E-state index is 13.2. The fraction of sp³-hybridized carbons (Fsp3) is 0.273. The molecule has 32 heavy (non-hydrogen) atoms. The predicted molar refractivity (Wildman–Crippen MR) is 117 cm³/mol. The van der Waals surface area contributed by atoms with Gasteiger partial charge in [0.25, 0.3) is 5.56 Å². The van der Waals surface area contributed by atoms with Crippen LogP contribution in [-0.4, -0.2) is 31.4 Å². The van der Waals surface area contributed by atoms with E-state index in [0.29, 0.717) is 34.6 Å². The molecule has 0 spiro atoms. The van der Waals surface area contributed by atoms with Crippen molar-refractivity contribution in [3.8, 4) is 11.5 Å². The number of hydrogen-bond acceptors (Lipinski definition) is 6. The van der Waals surface area contributed by atoms with Crippen LogP contribution in [0, 0.1) is 5.92 Å². The topological polar surface area (TPSA) is 109 Å². The first kappa shape index (κ1) is 19.9. The number of nitrogens with one attached hydrogen (secondary N) is 1. The molecule has 0 unspecified atom stereocenters. The Kier molecular flexibility index (Phi) is 4.69. The number of para-hydroxylation sites is 1. The van der Waals surface area contributed by atoms with Crippen molar-refractivity contribution in [3.63, 3.8) is 0 Å². The highest BCUT2D eigenvalue weighted by Gasteiger charge is 2.20. The average molecular weight is 435 g/mol. The third-order valence-electron chi connectivity index (χ3n) is 5.18. The number of amides is 1. The zero-order valence-electron chi connectivity index (χ0n) is 17.6. The van der Waals surface area contributed by atoms with E-state index in [1.165, 1.54) is 8.97 Å². The van der Waals surface area contributed by atoms with Crippen molar-refractivity contribution in [1.82, 2.24) is 18.7 Å². The van der Waals surface area contributed by atoms with Gasteiger partial charge in [-0.15, -0.1) is 5.10 Å². The third kappa shape index (κ3) is 3.29. The minimum absolute atomic E-state index is 0.134. The number of aromatic nitrogens is 4. The lowest BCUT2D eigenvalue weighted by Crippen LogP contribution is -2.29. The molecule has 0 fully saturated rings. The molecule has 1 aliphatic heterocycles. The van der Waals surface area contributed by atoms with E-state index in [0.717, 1.165) is 4.68 Å². The molecule has 1 amide bonds. The van der Waals surface area contributed by atoms with Gasteiger partial charge in [0.1, 0.15) is 6.54 Å². The van der Waals surface area contributed by atoms with Gasteiger partial charge < -0.3 is 14.8 Å². The Bertz CT molecular complexity index is 1480. The largest absolute Gasteiger partial charge is 0.454 e. The molecule has 4 aromatic rings. The van der Waals surface area contributed by atoms with E-state index in [-0.39, 0.29) is 30.6 Å². The molecule has 3 heterocycles. The molecule has 0 saturated heterocycles. The van der Waals surface area contributed by atoms with Gasteiger partial charge in [-0.1, -0.05) is 26.0 Å². The highest BCUT2D eigenvalue weighted by molar-refractivity contribution is 5.91. The first-order valence-electron chi connectivity index (χ1n) is 10.2. The lowest BCUT2D eigenvalue weighted by molar-refractivity contribution is -0.117. The average Bonchev–Trinajstić information content (AvgIpc) is 3.35. The van der Waals surface area contributed by atoms with Crippen molar-refractivity contribution < 1.29 is 14.3 Å². The maximum Gasteiger partial charge on any atom is 0.352 e. The number of anilines is 1. The molecule has 0 aliphatic carbocycles. The van der Waals surface area contributed by atoms with Crippen molar-refractivity contribution in [2.24, 2.45) is 5.92 Å². The highest BCUT2D eigenvalue weighted by atomic mass is 16.7. The molecular formula is C22H21N5O5. The van der Waals surface area contributed by atoms with Crippen LogP contribution in [0.3, 0.4) is 0 Å². The van der Waals surface area contributed by atoms with E-state index in [4.69, 9.17) is 9.47 Å². The van der Waals surface area contributed by atoms with Crippen molar-refractivity contribution in [1.29, 1.82) is 0 Å². The number of hydrogen-bond donors (Lipinski definition) is 1. The van der Waals surface area contributed by atoms with Crippen LogP contribution in [-0.2, 0) is 17.9 Å². The van der Waals surface area contributed by atoms with Gasteiger partial charge in [0.2, 0.25) is 18.5 Å². The lowest BCUT2D eigenvalue weighted by atomic mass is 10.2. The maximum absolute atomic E-state index is 13.2. The molecule has 1 N–H and O–H groups in total. The number of nitrogens with zero attached hydrogens (tertiary/aromatic N) is 4. The predicted octanol–water partition coefficient (Wildman–Crippen LogP) is 1.83. The van der Waals surface area contributed by atoms with Gasteiger partial charge >= 0.3 is 5.69 Å². The number of ether oxygens (including phenoxy) is 2.